The fraction of sp³-hybridized carbons (Fsp3) is 0.345. The molecule has 0 spiro atoms. The topological polar surface area (TPSA) is 119 Å². The molecule has 2 aromatic carbocycles. The number of nitrogens with one attached hydrogen (secondary N) is 2. The predicted molar refractivity (Wildman–Crippen MR) is 144 cm³/mol. The molecule has 0 saturated carbocycles. The summed E-state index contributed by atoms with van der Waals surface area (Å²) in [6.07, 6.45) is 3.07. The summed E-state index contributed by atoms with van der Waals surface area (Å²) in [5.74, 6) is -0.447. The fourth-order valence-electron chi connectivity index (χ4n) is 4.54. The van der Waals surface area contributed by atoms with E-state index >= 15 is 0 Å². The van der Waals surface area contributed by atoms with E-state index in [0.29, 0.717) is 35.9 Å². The molecule has 2 N–H and O–H groups in total. The second kappa shape index (κ2) is 13.0. The standard InChI is InChI=1S/C29H33N3O7/c1-19-8-4-5-10-22(19)32(26(33)18-31-28(34)24-11-7-15-39-24)27(29(35)30-17-21-9-6-14-38-21)20-12-13-23(36-2)25(16-20)37-3/h4-5,7-8,10-13,15-16,21,27H,6,9,14,17-18H2,1-3H3,(H,30,35)(H,31,34)/t21-,27-/m0/s1. The van der Waals surface area contributed by atoms with Gasteiger partial charge in [-0.05, 0) is 61.2 Å². The van der Waals surface area contributed by atoms with Gasteiger partial charge in [0, 0.05) is 18.8 Å². The number of nitrogens with zero attached hydrogens (tertiary/aromatic N) is 1. The molecule has 39 heavy (non-hydrogen) atoms. The number of amides is 3. The number of hydrogen-bond acceptors (Lipinski definition) is 7. The highest BCUT2D eigenvalue weighted by molar-refractivity contribution is 6.04. The Morgan fingerprint density at radius 3 is 2.49 bits per heavy atom. The minimum absolute atomic E-state index is 0.0796. The molecule has 3 amide bonds. The third-order valence-corrected chi connectivity index (χ3v) is 6.55. The third-order valence-electron chi connectivity index (χ3n) is 6.55. The summed E-state index contributed by atoms with van der Waals surface area (Å²) in [4.78, 5) is 41.6. The van der Waals surface area contributed by atoms with Crippen molar-refractivity contribution in [1.82, 2.24) is 10.6 Å². The summed E-state index contributed by atoms with van der Waals surface area (Å²) in [5, 5.41) is 5.57. The highest BCUT2D eigenvalue weighted by Gasteiger charge is 2.35. The Kier molecular flexibility index (Phi) is 9.22. The number of aryl methyl sites for hydroxylation is 1. The SMILES string of the molecule is COc1ccc([C@@H](C(=O)NC[C@@H]2CCCO2)N(C(=O)CNC(=O)c2ccco2)c2ccccc2C)cc1OC. The van der Waals surface area contributed by atoms with Gasteiger partial charge in [-0.25, -0.2) is 0 Å². The van der Waals surface area contributed by atoms with Crippen LogP contribution < -0.4 is 25.0 Å². The minimum Gasteiger partial charge on any atom is -0.493 e. The molecule has 1 aliphatic heterocycles. The molecule has 1 saturated heterocycles. The lowest BCUT2D eigenvalue weighted by Crippen LogP contribution is -2.48. The normalized spacial score (nSPS) is 15.3. The zero-order valence-electron chi connectivity index (χ0n) is 22.3. The maximum absolute atomic E-state index is 13.9. The Hall–Kier alpha value is -4.31. The van der Waals surface area contributed by atoms with E-state index < -0.39 is 23.8 Å². The summed E-state index contributed by atoms with van der Waals surface area (Å²) < 4.78 is 21.7. The summed E-state index contributed by atoms with van der Waals surface area (Å²) >= 11 is 0. The van der Waals surface area contributed by atoms with Crippen LogP contribution in [0.2, 0.25) is 0 Å². The van der Waals surface area contributed by atoms with Crippen LogP contribution in [0.25, 0.3) is 0 Å². The first-order valence-electron chi connectivity index (χ1n) is 12.7. The molecule has 2 atom stereocenters. The number of hydrogen-bond donors (Lipinski definition) is 2. The quantitative estimate of drug-likeness (QED) is 0.386. The maximum atomic E-state index is 13.9. The lowest BCUT2D eigenvalue weighted by molar-refractivity contribution is -0.126. The summed E-state index contributed by atoms with van der Waals surface area (Å²) in [5.41, 5.74) is 1.81. The molecule has 0 aliphatic carbocycles. The van der Waals surface area contributed by atoms with Crippen LogP contribution in [-0.4, -0.2) is 57.7 Å². The number of furan rings is 1. The number of rotatable bonds is 11. The summed E-state index contributed by atoms with van der Waals surface area (Å²) in [6, 6.07) is 14.4. The van der Waals surface area contributed by atoms with Gasteiger partial charge >= 0.3 is 0 Å². The van der Waals surface area contributed by atoms with Crippen LogP contribution in [0.4, 0.5) is 5.69 Å². The Morgan fingerprint density at radius 1 is 1.03 bits per heavy atom. The van der Waals surface area contributed by atoms with Gasteiger partial charge in [0.1, 0.15) is 6.04 Å². The van der Waals surface area contributed by atoms with Crippen molar-refractivity contribution in [3.05, 3.63) is 77.7 Å². The maximum Gasteiger partial charge on any atom is 0.287 e. The van der Waals surface area contributed by atoms with Gasteiger partial charge in [-0.15, -0.1) is 0 Å². The molecule has 1 aliphatic rings. The Morgan fingerprint density at radius 2 is 1.82 bits per heavy atom. The average Bonchev–Trinajstić information content (AvgIpc) is 3.68. The van der Waals surface area contributed by atoms with E-state index in [2.05, 4.69) is 10.6 Å². The third kappa shape index (κ3) is 6.58. The monoisotopic (exact) mass is 535 g/mol. The van der Waals surface area contributed by atoms with E-state index in [1.54, 1.807) is 36.4 Å². The van der Waals surface area contributed by atoms with Gasteiger partial charge in [0.15, 0.2) is 17.3 Å². The molecule has 10 heteroatoms. The van der Waals surface area contributed by atoms with Gasteiger partial charge in [0.25, 0.3) is 5.91 Å². The Balaban J connectivity index is 1.72. The number of methoxy groups -OCH3 is 2. The van der Waals surface area contributed by atoms with E-state index in [-0.39, 0.29) is 18.4 Å². The number of carbonyl (C=O) groups excluding carboxylic acids is 3. The lowest BCUT2D eigenvalue weighted by atomic mass is 10.0. The van der Waals surface area contributed by atoms with Crippen molar-refractivity contribution in [3.8, 4) is 11.5 Å². The molecule has 2 heterocycles. The van der Waals surface area contributed by atoms with Gasteiger partial charge in [0.2, 0.25) is 11.8 Å². The minimum atomic E-state index is -1.08. The van der Waals surface area contributed by atoms with E-state index in [1.165, 1.54) is 31.4 Å². The molecular weight excluding hydrogens is 502 g/mol. The molecular formula is C29H33N3O7. The van der Waals surface area contributed by atoms with Gasteiger partial charge in [-0.1, -0.05) is 24.3 Å². The van der Waals surface area contributed by atoms with Crippen molar-refractivity contribution in [1.29, 1.82) is 0 Å². The van der Waals surface area contributed by atoms with Crippen molar-refractivity contribution in [2.75, 3.05) is 38.8 Å². The van der Waals surface area contributed by atoms with Crippen molar-refractivity contribution in [2.24, 2.45) is 0 Å². The Bertz CT molecular complexity index is 1290. The number of ether oxygens (including phenoxy) is 3. The molecule has 10 nitrogen and oxygen atoms in total. The largest absolute Gasteiger partial charge is 0.493 e. The second-order valence-electron chi connectivity index (χ2n) is 9.11. The second-order valence-corrected chi connectivity index (χ2v) is 9.11. The van der Waals surface area contributed by atoms with Gasteiger partial charge in [-0.3, -0.25) is 19.3 Å². The predicted octanol–water partition coefficient (Wildman–Crippen LogP) is 3.40. The molecule has 3 aromatic rings. The number of anilines is 1. The first-order valence-corrected chi connectivity index (χ1v) is 12.7. The first kappa shape index (κ1) is 27.7. The van der Waals surface area contributed by atoms with Gasteiger partial charge in [-0.2, -0.15) is 0 Å². The van der Waals surface area contributed by atoms with Crippen molar-refractivity contribution >= 4 is 23.4 Å². The Labute approximate surface area is 227 Å². The number of benzene rings is 2. The van der Waals surface area contributed by atoms with Crippen LogP contribution in [0.5, 0.6) is 11.5 Å². The number of carbonyl (C=O) groups is 3. The van der Waals surface area contributed by atoms with Crippen LogP contribution in [0.15, 0.2) is 65.3 Å². The molecule has 1 fully saturated rings. The molecule has 206 valence electrons. The van der Waals surface area contributed by atoms with Crippen molar-refractivity contribution in [3.63, 3.8) is 0 Å². The van der Waals surface area contributed by atoms with Crippen molar-refractivity contribution < 1.29 is 33.0 Å². The first-order chi connectivity index (χ1) is 18.9. The smallest absolute Gasteiger partial charge is 0.287 e. The van der Waals surface area contributed by atoms with Crippen LogP contribution in [-0.2, 0) is 14.3 Å². The van der Waals surface area contributed by atoms with Crippen molar-refractivity contribution in [2.45, 2.75) is 31.9 Å². The van der Waals surface area contributed by atoms with Crippen LogP contribution in [0.1, 0.15) is 40.6 Å². The van der Waals surface area contributed by atoms with Crippen LogP contribution in [0.3, 0.4) is 0 Å². The van der Waals surface area contributed by atoms with Crippen LogP contribution >= 0.6 is 0 Å². The molecule has 0 radical (unpaired) electrons. The van der Waals surface area contributed by atoms with Gasteiger partial charge < -0.3 is 29.3 Å². The molecule has 4 rings (SSSR count). The highest BCUT2D eigenvalue weighted by atomic mass is 16.5. The zero-order chi connectivity index (χ0) is 27.8. The summed E-state index contributed by atoms with van der Waals surface area (Å²) in [6.45, 7) is 2.46. The number of para-hydroxylation sites is 1. The zero-order valence-corrected chi connectivity index (χ0v) is 22.3. The molecule has 0 bridgehead atoms. The fourth-order valence-corrected chi connectivity index (χ4v) is 4.54. The molecule has 0 unspecified atom stereocenters. The van der Waals surface area contributed by atoms with E-state index in [0.717, 1.165) is 18.4 Å². The van der Waals surface area contributed by atoms with E-state index in [1.807, 2.05) is 19.1 Å². The highest BCUT2D eigenvalue weighted by Crippen LogP contribution is 2.35. The van der Waals surface area contributed by atoms with Gasteiger partial charge in [0.05, 0.1) is 33.1 Å². The molecule has 1 aromatic heterocycles. The van der Waals surface area contributed by atoms with Crippen LogP contribution in [0, 0.1) is 6.92 Å². The average molecular weight is 536 g/mol. The lowest BCUT2D eigenvalue weighted by Gasteiger charge is -2.33. The summed E-state index contributed by atoms with van der Waals surface area (Å²) in [7, 11) is 3.02. The van der Waals surface area contributed by atoms with E-state index in [4.69, 9.17) is 18.6 Å². The van der Waals surface area contributed by atoms with E-state index in [9.17, 15) is 14.4 Å².